The number of rotatable bonds is 3. The Balaban J connectivity index is 1.90. The van der Waals surface area contributed by atoms with Crippen molar-refractivity contribution in [3.05, 3.63) is 74.5 Å². The van der Waals surface area contributed by atoms with Crippen molar-refractivity contribution in [2.75, 3.05) is 5.32 Å². The quantitative estimate of drug-likeness (QED) is 0.752. The molecule has 112 valence electrons. The summed E-state index contributed by atoms with van der Waals surface area (Å²) in [5.74, 6) is 0. The second-order valence-corrected chi connectivity index (χ2v) is 5.96. The molecule has 0 bridgehead atoms. The van der Waals surface area contributed by atoms with Gasteiger partial charge >= 0.3 is 0 Å². The van der Waals surface area contributed by atoms with E-state index in [1.807, 2.05) is 56.3 Å². The van der Waals surface area contributed by atoms with Crippen LogP contribution in [0.25, 0.3) is 10.9 Å². The molecule has 3 aromatic rings. The lowest BCUT2D eigenvalue weighted by atomic mass is 10.1. The van der Waals surface area contributed by atoms with Crippen LogP contribution in [0.2, 0.25) is 5.02 Å². The molecule has 0 saturated carbocycles. The Kier molecular flexibility index (Phi) is 3.90. The van der Waals surface area contributed by atoms with Crippen molar-refractivity contribution in [2.24, 2.45) is 0 Å². The third kappa shape index (κ3) is 3.00. The predicted molar refractivity (Wildman–Crippen MR) is 92.8 cm³/mol. The molecule has 0 atom stereocenters. The minimum Gasteiger partial charge on any atom is -0.380 e. The number of aromatic nitrogens is 1. The number of aryl methyl sites for hydroxylation is 2. The summed E-state index contributed by atoms with van der Waals surface area (Å²) in [6.07, 6.45) is 0. The van der Waals surface area contributed by atoms with Crippen molar-refractivity contribution in [3.63, 3.8) is 0 Å². The maximum atomic E-state index is 12.2. The zero-order valence-corrected chi connectivity index (χ0v) is 13.3. The van der Waals surface area contributed by atoms with E-state index in [-0.39, 0.29) is 5.56 Å². The third-order valence-electron chi connectivity index (χ3n) is 3.75. The van der Waals surface area contributed by atoms with Crippen LogP contribution in [-0.2, 0) is 6.54 Å². The fourth-order valence-electron chi connectivity index (χ4n) is 2.47. The van der Waals surface area contributed by atoms with Crippen LogP contribution in [0, 0.1) is 13.8 Å². The maximum absolute atomic E-state index is 12.2. The molecule has 3 nitrogen and oxygen atoms in total. The van der Waals surface area contributed by atoms with Gasteiger partial charge in [-0.3, -0.25) is 4.79 Å². The van der Waals surface area contributed by atoms with Gasteiger partial charge in [-0.25, -0.2) is 0 Å². The first-order valence-electron chi connectivity index (χ1n) is 7.15. The number of H-pyrrole nitrogens is 1. The molecule has 0 fully saturated rings. The van der Waals surface area contributed by atoms with E-state index in [1.165, 1.54) is 0 Å². The van der Waals surface area contributed by atoms with Gasteiger partial charge in [-0.1, -0.05) is 29.8 Å². The van der Waals surface area contributed by atoms with Crippen LogP contribution < -0.4 is 10.9 Å². The van der Waals surface area contributed by atoms with Crippen molar-refractivity contribution >= 4 is 28.2 Å². The van der Waals surface area contributed by atoms with Crippen LogP contribution in [0.1, 0.15) is 16.7 Å². The molecule has 1 aromatic heterocycles. The van der Waals surface area contributed by atoms with E-state index >= 15 is 0 Å². The van der Waals surface area contributed by atoms with Crippen molar-refractivity contribution in [3.8, 4) is 0 Å². The Morgan fingerprint density at radius 2 is 1.91 bits per heavy atom. The van der Waals surface area contributed by atoms with Gasteiger partial charge in [-0.2, -0.15) is 0 Å². The SMILES string of the molecule is Cc1ccc2cc(CNc3cc(Cl)ccc3C)c(=O)[nH]c2c1. The number of anilines is 1. The lowest BCUT2D eigenvalue weighted by Gasteiger charge is -2.10. The third-order valence-corrected chi connectivity index (χ3v) is 3.98. The monoisotopic (exact) mass is 312 g/mol. The second-order valence-electron chi connectivity index (χ2n) is 5.53. The molecule has 0 aliphatic rings. The normalized spacial score (nSPS) is 10.9. The maximum Gasteiger partial charge on any atom is 0.253 e. The number of halogens is 1. The number of nitrogens with one attached hydrogen (secondary N) is 2. The van der Waals surface area contributed by atoms with Gasteiger partial charge in [0, 0.05) is 28.3 Å². The first-order valence-corrected chi connectivity index (χ1v) is 7.53. The fourth-order valence-corrected chi connectivity index (χ4v) is 2.64. The van der Waals surface area contributed by atoms with Crippen LogP contribution in [0.15, 0.2) is 47.3 Å². The average Bonchev–Trinajstić information content (AvgIpc) is 2.48. The molecule has 0 radical (unpaired) electrons. The molecule has 0 amide bonds. The van der Waals surface area contributed by atoms with Crippen molar-refractivity contribution in [1.29, 1.82) is 0 Å². The van der Waals surface area contributed by atoms with Gasteiger partial charge in [-0.05, 0) is 54.6 Å². The smallest absolute Gasteiger partial charge is 0.253 e. The van der Waals surface area contributed by atoms with Crippen molar-refractivity contribution < 1.29 is 0 Å². The number of pyridine rings is 1. The van der Waals surface area contributed by atoms with Gasteiger partial charge in [0.15, 0.2) is 0 Å². The van der Waals surface area contributed by atoms with Crippen molar-refractivity contribution in [1.82, 2.24) is 4.98 Å². The minimum atomic E-state index is -0.0646. The summed E-state index contributed by atoms with van der Waals surface area (Å²) >= 11 is 6.01. The fraction of sp³-hybridized carbons (Fsp3) is 0.167. The molecule has 2 N–H and O–H groups in total. The number of hydrogen-bond donors (Lipinski definition) is 2. The summed E-state index contributed by atoms with van der Waals surface area (Å²) < 4.78 is 0. The number of fused-ring (bicyclic) bond motifs is 1. The second kappa shape index (κ2) is 5.85. The van der Waals surface area contributed by atoms with Crippen LogP contribution in [0.3, 0.4) is 0 Å². The van der Waals surface area contributed by atoms with E-state index in [0.717, 1.165) is 27.7 Å². The molecule has 0 spiro atoms. The zero-order valence-electron chi connectivity index (χ0n) is 12.5. The van der Waals surface area contributed by atoms with Crippen molar-refractivity contribution in [2.45, 2.75) is 20.4 Å². The first-order chi connectivity index (χ1) is 10.5. The van der Waals surface area contributed by atoms with Crippen LogP contribution in [0.5, 0.6) is 0 Å². The molecule has 0 aliphatic carbocycles. The first kappa shape index (κ1) is 14.7. The number of benzene rings is 2. The highest BCUT2D eigenvalue weighted by atomic mass is 35.5. The Hall–Kier alpha value is -2.26. The summed E-state index contributed by atoms with van der Waals surface area (Å²) in [4.78, 5) is 15.1. The Labute approximate surface area is 133 Å². The minimum absolute atomic E-state index is 0.0646. The van der Waals surface area contributed by atoms with Crippen LogP contribution in [0.4, 0.5) is 5.69 Å². The molecular weight excluding hydrogens is 296 g/mol. The van der Waals surface area contributed by atoms with Gasteiger partial charge in [0.25, 0.3) is 5.56 Å². The van der Waals surface area contributed by atoms with E-state index in [1.54, 1.807) is 0 Å². The highest BCUT2D eigenvalue weighted by Gasteiger charge is 2.05. The topological polar surface area (TPSA) is 44.9 Å². The Morgan fingerprint density at radius 1 is 1.09 bits per heavy atom. The molecule has 2 aromatic carbocycles. The van der Waals surface area contributed by atoms with Gasteiger partial charge in [0.05, 0.1) is 0 Å². The highest BCUT2D eigenvalue weighted by Crippen LogP contribution is 2.21. The lowest BCUT2D eigenvalue weighted by Crippen LogP contribution is -2.16. The summed E-state index contributed by atoms with van der Waals surface area (Å²) in [7, 11) is 0. The molecule has 0 aliphatic heterocycles. The van der Waals surface area contributed by atoms with E-state index in [0.29, 0.717) is 17.1 Å². The molecule has 1 heterocycles. The highest BCUT2D eigenvalue weighted by molar-refractivity contribution is 6.30. The Bertz CT molecular complexity index is 899. The van der Waals surface area contributed by atoms with Gasteiger partial charge in [0.2, 0.25) is 0 Å². The predicted octanol–water partition coefficient (Wildman–Crippen LogP) is 4.41. The standard InChI is InChI=1S/C18H17ClN2O/c1-11-3-5-13-8-14(18(22)21-17(13)7-11)10-20-16-9-15(19)6-4-12(16)2/h3-9,20H,10H2,1-2H3,(H,21,22). The number of aromatic amines is 1. The average molecular weight is 313 g/mol. The molecule has 22 heavy (non-hydrogen) atoms. The van der Waals surface area contributed by atoms with Gasteiger partial charge in [-0.15, -0.1) is 0 Å². The van der Waals surface area contributed by atoms with Gasteiger partial charge < -0.3 is 10.3 Å². The summed E-state index contributed by atoms with van der Waals surface area (Å²) in [5.41, 5.74) is 4.67. The molecule has 0 saturated heterocycles. The molecule has 3 rings (SSSR count). The van der Waals surface area contributed by atoms with E-state index in [9.17, 15) is 4.79 Å². The summed E-state index contributed by atoms with van der Waals surface area (Å²) in [6.45, 7) is 4.47. The summed E-state index contributed by atoms with van der Waals surface area (Å²) in [6, 6.07) is 13.7. The summed E-state index contributed by atoms with van der Waals surface area (Å²) in [5, 5.41) is 4.99. The largest absolute Gasteiger partial charge is 0.380 e. The number of hydrogen-bond acceptors (Lipinski definition) is 2. The van der Waals surface area contributed by atoms with E-state index in [2.05, 4.69) is 10.3 Å². The molecule has 0 unspecified atom stereocenters. The van der Waals surface area contributed by atoms with Crippen LogP contribution >= 0.6 is 11.6 Å². The zero-order chi connectivity index (χ0) is 15.7. The molecule has 4 heteroatoms. The van der Waals surface area contributed by atoms with E-state index < -0.39 is 0 Å². The van der Waals surface area contributed by atoms with Crippen LogP contribution in [-0.4, -0.2) is 4.98 Å². The lowest BCUT2D eigenvalue weighted by molar-refractivity contribution is 1.08. The van der Waals surface area contributed by atoms with Gasteiger partial charge in [0.1, 0.15) is 0 Å². The molecular formula is C18H17ClN2O. The Morgan fingerprint density at radius 3 is 2.73 bits per heavy atom. The van der Waals surface area contributed by atoms with E-state index in [4.69, 9.17) is 11.6 Å².